The number of aliphatic hydroxyl groups is 1. The second-order valence-corrected chi connectivity index (χ2v) is 8.72. The van der Waals surface area contributed by atoms with Crippen molar-refractivity contribution in [3.63, 3.8) is 0 Å². The highest BCUT2D eigenvalue weighted by Gasteiger charge is 2.38. The molecule has 6 heteroatoms. The molecule has 3 nitrogen and oxygen atoms in total. The Morgan fingerprint density at radius 3 is 2.61 bits per heavy atom. The molecule has 2 aromatic rings. The Hall–Kier alpha value is -2.05. The van der Waals surface area contributed by atoms with Crippen molar-refractivity contribution in [3.8, 4) is 0 Å². The molecule has 1 aromatic heterocycles. The van der Waals surface area contributed by atoms with E-state index in [1.54, 1.807) is 12.1 Å². The van der Waals surface area contributed by atoms with Gasteiger partial charge in [0, 0.05) is 16.9 Å². The number of rotatable bonds is 7. The van der Waals surface area contributed by atoms with E-state index in [1.807, 2.05) is 12.1 Å². The first-order valence-electron chi connectivity index (χ1n) is 9.48. The predicted octanol–water partition coefficient (Wildman–Crippen LogP) is 5.39. The number of hydrogen-bond donors (Lipinski definition) is 2. The van der Waals surface area contributed by atoms with Crippen molar-refractivity contribution in [2.75, 3.05) is 0 Å². The van der Waals surface area contributed by atoms with Crippen molar-refractivity contribution < 1.29 is 23.8 Å². The number of aryl methyl sites for hydroxylation is 1. The molecule has 1 heterocycles. The maximum atomic E-state index is 13.4. The maximum absolute atomic E-state index is 13.4. The second-order valence-electron chi connectivity index (χ2n) is 7.55. The number of aromatic carboxylic acids is 1. The van der Waals surface area contributed by atoms with Gasteiger partial charge in [-0.3, -0.25) is 0 Å². The van der Waals surface area contributed by atoms with Crippen LogP contribution in [0.3, 0.4) is 0 Å². The lowest BCUT2D eigenvalue weighted by atomic mass is 9.85. The van der Waals surface area contributed by atoms with E-state index in [0.29, 0.717) is 22.8 Å². The van der Waals surface area contributed by atoms with Gasteiger partial charge in [-0.25, -0.2) is 13.6 Å². The van der Waals surface area contributed by atoms with E-state index in [1.165, 1.54) is 23.5 Å². The van der Waals surface area contributed by atoms with Gasteiger partial charge in [0.1, 0.15) is 16.5 Å². The number of halogens is 2. The average Bonchev–Trinajstić information content (AvgIpc) is 3.18. The lowest BCUT2D eigenvalue weighted by Crippen LogP contribution is -2.18. The molecule has 1 saturated carbocycles. The Kier molecular flexibility index (Phi) is 6.62. The monoisotopic (exact) mass is 406 g/mol. The van der Waals surface area contributed by atoms with E-state index in [-0.39, 0.29) is 11.8 Å². The maximum Gasteiger partial charge on any atom is 0.345 e. The average molecular weight is 406 g/mol. The summed E-state index contributed by atoms with van der Waals surface area (Å²) in [7, 11) is 0. The van der Waals surface area contributed by atoms with Crippen molar-refractivity contribution in [1.82, 2.24) is 0 Å². The van der Waals surface area contributed by atoms with Gasteiger partial charge in [-0.1, -0.05) is 19.1 Å². The van der Waals surface area contributed by atoms with Gasteiger partial charge in [0.15, 0.2) is 0 Å². The quantitative estimate of drug-likeness (QED) is 0.648. The summed E-state index contributed by atoms with van der Waals surface area (Å²) < 4.78 is 26.7. The van der Waals surface area contributed by atoms with Gasteiger partial charge in [-0.2, -0.15) is 0 Å². The van der Waals surface area contributed by atoms with Crippen LogP contribution in [0.4, 0.5) is 8.78 Å². The number of carboxylic acid groups (broad SMARTS) is 1. The van der Waals surface area contributed by atoms with Crippen molar-refractivity contribution >= 4 is 23.4 Å². The zero-order valence-electron chi connectivity index (χ0n) is 15.6. The molecular formula is C22H24F2O3S. The molecule has 1 fully saturated rings. The van der Waals surface area contributed by atoms with Gasteiger partial charge in [-0.05, 0) is 67.3 Å². The topological polar surface area (TPSA) is 57.5 Å². The molecule has 2 unspecified atom stereocenters. The molecular weight excluding hydrogens is 382 g/mol. The number of carbonyl (C=O) groups is 1. The van der Waals surface area contributed by atoms with Crippen molar-refractivity contribution in [3.05, 3.63) is 63.4 Å². The summed E-state index contributed by atoms with van der Waals surface area (Å²) in [5.74, 6) is -1.56. The van der Waals surface area contributed by atoms with Gasteiger partial charge >= 0.3 is 5.97 Å². The Labute approximate surface area is 167 Å². The first-order chi connectivity index (χ1) is 13.3. The minimum atomic E-state index is -0.900. The van der Waals surface area contributed by atoms with Crippen LogP contribution >= 0.6 is 11.3 Å². The summed E-state index contributed by atoms with van der Waals surface area (Å²) >= 11 is 1.30. The summed E-state index contributed by atoms with van der Waals surface area (Å²) in [5, 5.41) is 19.4. The summed E-state index contributed by atoms with van der Waals surface area (Å²) in [6.45, 7) is 2.12. The van der Waals surface area contributed by atoms with E-state index < -0.39 is 23.7 Å². The van der Waals surface area contributed by atoms with E-state index in [4.69, 9.17) is 5.11 Å². The smallest absolute Gasteiger partial charge is 0.345 e. The van der Waals surface area contributed by atoms with Gasteiger partial charge in [-0.15, -0.1) is 11.3 Å². The van der Waals surface area contributed by atoms with E-state index in [0.717, 1.165) is 30.2 Å². The largest absolute Gasteiger partial charge is 0.477 e. The molecule has 28 heavy (non-hydrogen) atoms. The fourth-order valence-corrected chi connectivity index (χ4v) is 5.05. The van der Waals surface area contributed by atoms with Crippen LogP contribution in [0.2, 0.25) is 0 Å². The lowest BCUT2D eigenvalue weighted by molar-refractivity contribution is 0.0702. The second kappa shape index (κ2) is 8.97. The third kappa shape index (κ3) is 5.06. The van der Waals surface area contributed by atoms with Crippen molar-refractivity contribution in [2.24, 2.45) is 17.8 Å². The zero-order valence-corrected chi connectivity index (χ0v) is 16.5. The van der Waals surface area contributed by atoms with Crippen LogP contribution in [0.25, 0.3) is 6.08 Å². The minimum absolute atomic E-state index is 0.0563. The van der Waals surface area contributed by atoms with Crippen LogP contribution in [-0.4, -0.2) is 22.3 Å². The molecule has 3 rings (SSSR count). The Balaban J connectivity index is 1.62. The number of thiophene rings is 1. The van der Waals surface area contributed by atoms with Crippen LogP contribution in [0.15, 0.2) is 36.4 Å². The zero-order chi connectivity index (χ0) is 20.3. The third-order valence-electron chi connectivity index (χ3n) is 5.51. The normalized spacial score (nSPS) is 24.9. The highest BCUT2D eigenvalue weighted by Crippen LogP contribution is 2.41. The molecule has 0 amide bonds. The van der Waals surface area contributed by atoms with E-state index in [9.17, 15) is 18.7 Å². The highest BCUT2D eigenvalue weighted by atomic mass is 32.1. The van der Waals surface area contributed by atoms with Crippen LogP contribution in [0.5, 0.6) is 0 Å². The molecule has 0 aliphatic heterocycles. The number of benzene rings is 1. The molecule has 150 valence electrons. The van der Waals surface area contributed by atoms with Crippen molar-refractivity contribution in [1.29, 1.82) is 0 Å². The Morgan fingerprint density at radius 2 is 1.96 bits per heavy atom. The van der Waals surface area contributed by atoms with Gasteiger partial charge in [0.2, 0.25) is 0 Å². The lowest BCUT2D eigenvalue weighted by Gasteiger charge is -2.21. The van der Waals surface area contributed by atoms with E-state index in [2.05, 4.69) is 6.92 Å². The molecule has 1 aliphatic rings. The number of carboxylic acids is 1. The summed E-state index contributed by atoms with van der Waals surface area (Å²) in [6, 6.07) is 6.88. The first-order valence-corrected chi connectivity index (χ1v) is 10.3. The molecule has 0 radical (unpaired) electrons. The summed E-state index contributed by atoms with van der Waals surface area (Å²) in [4.78, 5) is 12.4. The molecule has 0 saturated heterocycles. The van der Waals surface area contributed by atoms with Crippen LogP contribution in [-0.2, 0) is 6.42 Å². The summed E-state index contributed by atoms with van der Waals surface area (Å²) in [5.41, 5.74) is 0.447. The van der Waals surface area contributed by atoms with E-state index >= 15 is 0 Å². The fraction of sp³-hybridized carbons (Fsp3) is 0.409. The molecule has 1 aliphatic carbocycles. The van der Waals surface area contributed by atoms with Gasteiger partial charge in [0.05, 0.1) is 6.10 Å². The SMILES string of the molecule is CC1C[C@@H](O)C(/C=C\c2cc(F)cc(F)c2)[C@H]1CCCc1ccc(C(=O)O)s1. The highest BCUT2D eigenvalue weighted by molar-refractivity contribution is 7.13. The number of aliphatic hydroxyl groups excluding tert-OH is 1. The minimum Gasteiger partial charge on any atom is -0.477 e. The predicted molar refractivity (Wildman–Crippen MR) is 106 cm³/mol. The number of hydrogen-bond acceptors (Lipinski definition) is 3. The van der Waals surface area contributed by atoms with Gasteiger partial charge < -0.3 is 10.2 Å². The van der Waals surface area contributed by atoms with Gasteiger partial charge in [0.25, 0.3) is 0 Å². The molecule has 0 bridgehead atoms. The van der Waals surface area contributed by atoms with Crippen LogP contribution in [0, 0.1) is 29.4 Å². The molecule has 1 aromatic carbocycles. The van der Waals surface area contributed by atoms with Crippen LogP contribution < -0.4 is 0 Å². The van der Waals surface area contributed by atoms with Crippen molar-refractivity contribution in [2.45, 2.75) is 38.7 Å². The van der Waals surface area contributed by atoms with Crippen LogP contribution in [0.1, 0.15) is 46.3 Å². The Bertz CT molecular complexity index is 841. The first kappa shape index (κ1) is 20.7. The summed E-state index contributed by atoms with van der Waals surface area (Å²) in [6.07, 6.45) is 6.42. The Morgan fingerprint density at radius 1 is 1.25 bits per heavy atom. The standard InChI is InChI=1S/C22H24F2O3S/c1-13-9-20(25)19(7-5-14-10-15(23)12-16(24)11-14)18(13)4-2-3-17-6-8-21(28-17)22(26)27/h5-8,10-13,18-20,25H,2-4,9H2,1H3,(H,26,27)/b7-5-/t13?,18-,19?,20+/m0/s1. The molecule has 2 N–H and O–H groups in total. The molecule has 0 spiro atoms. The third-order valence-corrected chi connectivity index (χ3v) is 6.64. The molecule has 4 atom stereocenters. The fourth-order valence-electron chi connectivity index (χ4n) is 4.16.